The second kappa shape index (κ2) is 7.71. The van der Waals surface area contributed by atoms with Gasteiger partial charge in [-0.2, -0.15) is 0 Å². The highest BCUT2D eigenvalue weighted by Gasteiger charge is 2.19. The molecule has 1 aromatic rings. The third-order valence-electron chi connectivity index (χ3n) is 4.43. The summed E-state index contributed by atoms with van der Waals surface area (Å²) in [5.41, 5.74) is 7.09. The van der Waals surface area contributed by atoms with Crippen LogP contribution in [0.4, 0.5) is 5.95 Å². The maximum atomic E-state index is 5.97. The molecule has 1 fully saturated rings. The maximum Gasteiger partial charge on any atom is 0.224 e. The predicted molar refractivity (Wildman–Crippen MR) is 87.5 cm³/mol. The van der Waals surface area contributed by atoms with Crippen LogP contribution in [0.15, 0.2) is 12.4 Å². The lowest BCUT2D eigenvalue weighted by Gasteiger charge is -2.31. The van der Waals surface area contributed by atoms with Gasteiger partial charge in [0.1, 0.15) is 0 Å². The second-order valence-electron chi connectivity index (χ2n) is 6.39. The Balaban J connectivity index is 1.86. The van der Waals surface area contributed by atoms with Crippen molar-refractivity contribution in [2.45, 2.75) is 38.6 Å². The van der Waals surface area contributed by atoms with Crippen LogP contribution < -0.4 is 10.6 Å². The number of hydrogen-bond acceptors (Lipinski definition) is 5. The fourth-order valence-electron chi connectivity index (χ4n) is 2.81. The van der Waals surface area contributed by atoms with Crippen LogP contribution in [0.1, 0.15) is 31.7 Å². The summed E-state index contributed by atoms with van der Waals surface area (Å²) in [7, 11) is 4.29. The number of likely N-dealkylation sites (tertiary alicyclic amines) is 1. The van der Waals surface area contributed by atoms with Gasteiger partial charge in [-0.05, 0) is 57.3 Å². The lowest BCUT2D eigenvalue weighted by atomic mass is 9.97. The van der Waals surface area contributed by atoms with Gasteiger partial charge in [-0.3, -0.25) is 0 Å². The first-order chi connectivity index (χ1) is 10.1. The van der Waals surface area contributed by atoms with E-state index in [9.17, 15) is 0 Å². The molecule has 0 aromatic carbocycles. The van der Waals surface area contributed by atoms with Crippen molar-refractivity contribution in [2.75, 3.05) is 38.6 Å². The standard InChI is InChI=1S/C16H29N5/c1-4-15(17)9-14-10-18-16(19-11-14)21(3)12-13-5-7-20(2)8-6-13/h10-11,13,15H,4-9,12,17H2,1-3H3. The first-order valence-electron chi connectivity index (χ1n) is 8.04. The first kappa shape index (κ1) is 16.2. The average molecular weight is 291 g/mol. The van der Waals surface area contributed by atoms with Gasteiger partial charge in [0.15, 0.2) is 0 Å². The van der Waals surface area contributed by atoms with E-state index in [0.717, 1.165) is 36.8 Å². The van der Waals surface area contributed by atoms with E-state index in [-0.39, 0.29) is 6.04 Å². The normalized spacial score (nSPS) is 18.7. The minimum atomic E-state index is 0.205. The van der Waals surface area contributed by atoms with Crippen LogP contribution >= 0.6 is 0 Å². The monoisotopic (exact) mass is 291 g/mol. The zero-order chi connectivity index (χ0) is 15.2. The molecule has 0 radical (unpaired) electrons. The molecular weight excluding hydrogens is 262 g/mol. The molecule has 118 valence electrons. The zero-order valence-corrected chi connectivity index (χ0v) is 13.6. The van der Waals surface area contributed by atoms with Gasteiger partial charge in [0.2, 0.25) is 5.95 Å². The highest BCUT2D eigenvalue weighted by atomic mass is 15.2. The van der Waals surface area contributed by atoms with Crippen molar-refractivity contribution in [1.29, 1.82) is 0 Å². The van der Waals surface area contributed by atoms with Gasteiger partial charge in [0.05, 0.1) is 0 Å². The Morgan fingerprint density at radius 2 is 1.95 bits per heavy atom. The second-order valence-corrected chi connectivity index (χ2v) is 6.39. The van der Waals surface area contributed by atoms with Crippen molar-refractivity contribution < 1.29 is 0 Å². The number of rotatable bonds is 6. The molecule has 0 amide bonds. The molecule has 1 unspecified atom stereocenters. The molecule has 0 saturated carbocycles. The summed E-state index contributed by atoms with van der Waals surface area (Å²) in [5.74, 6) is 1.57. The average Bonchev–Trinajstić information content (AvgIpc) is 2.50. The summed E-state index contributed by atoms with van der Waals surface area (Å²) < 4.78 is 0. The van der Waals surface area contributed by atoms with E-state index < -0.39 is 0 Å². The number of piperidine rings is 1. The van der Waals surface area contributed by atoms with Crippen molar-refractivity contribution in [3.63, 3.8) is 0 Å². The highest BCUT2D eigenvalue weighted by molar-refractivity contribution is 5.28. The quantitative estimate of drug-likeness (QED) is 0.861. The number of nitrogens with two attached hydrogens (primary N) is 1. The molecule has 1 aliphatic heterocycles. The van der Waals surface area contributed by atoms with Crippen molar-refractivity contribution in [1.82, 2.24) is 14.9 Å². The van der Waals surface area contributed by atoms with E-state index >= 15 is 0 Å². The van der Waals surface area contributed by atoms with Crippen molar-refractivity contribution >= 4 is 5.95 Å². The Bertz CT molecular complexity index is 411. The zero-order valence-electron chi connectivity index (χ0n) is 13.6. The van der Waals surface area contributed by atoms with E-state index in [1.54, 1.807) is 0 Å². The minimum Gasteiger partial charge on any atom is -0.344 e. The summed E-state index contributed by atoms with van der Waals surface area (Å²) in [4.78, 5) is 13.6. The topological polar surface area (TPSA) is 58.3 Å². The van der Waals surface area contributed by atoms with Crippen LogP contribution in [0.3, 0.4) is 0 Å². The molecule has 1 aromatic heterocycles. The fraction of sp³-hybridized carbons (Fsp3) is 0.750. The van der Waals surface area contributed by atoms with Gasteiger partial charge in [-0.15, -0.1) is 0 Å². The summed E-state index contributed by atoms with van der Waals surface area (Å²) in [6.07, 6.45) is 8.22. The molecule has 2 heterocycles. The lowest BCUT2D eigenvalue weighted by molar-refractivity contribution is 0.222. The van der Waals surface area contributed by atoms with Gasteiger partial charge in [0.25, 0.3) is 0 Å². The van der Waals surface area contributed by atoms with Gasteiger partial charge in [-0.1, -0.05) is 6.92 Å². The molecule has 1 aliphatic rings. The summed E-state index contributed by atoms with van der Waals surface area (Å²) in [6.45, 7) is 5.55. The molecular formula is C16H29N5. The molecule has 1 atom stereocenters. The van der Waals surface area contributed by atoms with Gasteiger partial charge in [-0.25, -0.2) is 9.97 Å². The minimum absolute atomic E-state index is 0.205. The van der Waals surface area contributed by atoms with Crippen LogP contribution in [0.2, 0.25) is 0 Å². The molecule has 2 N–H and O–H groups in total. The molecule has 1 saturated heterocycles. The largest absolute Gasteiger partial charge is 0.344 e. The number of aromatic nitrogens is 2. The number of anilines is 1. The Morgan fingerprint density at radius 3 is 2.52 bits per heavy atom. The van der Waals surface area contributed by atoms with E-state index in [1.807, 2.05) is 12.4 Å². The SMILES string of the molecule is CCC(N)Cc1cnc(N(C)CC2CCN(C)CC2)nc1. The van der Waals surface area contributed by atoms with Gasteiger partial charge >= 0.3 is 0 Å². The molecule has 0 spiro atoms. The smallest absolute Gasteiger partial charge is 0.224 e. The highest BCUT2D eigenvalue weighted by Crippen LogP contribution is 2.18. The van der Waals surface area contributed by atoms with E-state index in [0.29, 0.717) is 0 Å². The van der Waals surface area contributed by atoms with Crippen LogP contribution in [0, 0.1) is 5.92 Å². The van der Waals surface area contributed by atoms with Gasteiger partial charge < -0.3 is 15.5 Å². The third kappa shape index (κ3) is 4.93. The Hall–Kier alpha value is -1.20. The van der Waals surface area contributed by atoms with Crippen LogP contribution in [0.5, 0.6) is 0 Å². The van der Waals surface area contributed by atoms with Crippen molar-refractivity contribution in [3.05, 3.63) is 18.0 Å². The Labute approximate surface area is 128 Å². The lowest BCUT2D eigenvalue weighted by Crippen LogP contribution is -2.36. The van der Waals surface area contributed by atoms with Gasteiger partial charge in [0, 0.05) is 32.0 Å². The van der Waals surface area contributed by atoms with Crippen molar-refractivity contribution in [2.24, 2.45) is 11.7 Å². The molecule has 0 aliphatic carbocycles. The number of nitrogens with zero attached hydrogens (tertiary/aromatic N) is 4. The van der Waals surface area contributed by atoms with Crippen LogP contribution in [-0.2, 0) is 6.42 Å². The molecule has 0 bridgehead atoms. The van der Waals surface area contributed by atoms with E-state index in [2.05, 4.69) is 40.8 Å². The van der Waals surface area contributed by atoms with Crippen LogP contribution in [0.25, 0.3) is 0 Å². The summed E-state index contributed by atoms with van der Waals surface area (Å²) in [6, 6.07) is 0.205. The van der Waals surface area contributed by atoms with Crippen LogP contribution in [-0.4, -0.2) is 54.6 Å². The fourth-order valence-corrected chi connectivity index (χ4v) is 2.81. The van der Waals surface area contributed by atoms with Crippen molar-refractivity contribution in [3.8, 4) is 0 Å². The molecule has 21 heavy (non-hydrogen) atoms. The summed E-state index contributed by atoms with van der Waals surface area (Å²) in [5, 5.41) is 0. The predicted octanol–water partition coefficient (Wildman–Crippen LogP) is 1.53. The molecule has 5 heteroatoms. The Morgan fingerprint density at radius 1 is 1.33 bits per heavy atom. The maximum absolute atomic E-state index is 5.97. The van der Waals surface area contributed by atoms with E-state index in [4.69, 9.17) is 5.73 Å². The number of hydrogen-bond donors (Lipinski definition) is 1. The Kier molecular flexibility index (Phi) is 5.94. The molecule has 5 nitrogen and oxygen atoms in total. The molecule has 2 rings (SSSR count). The third-order valence-corrected chi connectivity index (χ3v) is 4.43. The van der Waals surface area contributed by atoms with E-state index in [1.165, 1.54) is 25.9 Å². The summed E-state index contributed by atoms with van der Waals surface area (Å²) >= 11 is 0. The first-order valence-corrected chi connectivity index (χ1v) is 8.04.